The van der Waals surface area contributed by atoms with Gasteiger partial charge in [0.05, 0.1) is 11.4 Å². The monoisotopic (exact) mass is 331 g/mol. The quantitative estimate of drug-likeness (QED) is 0.418. The highest BCUT2D eigenvalue weighted by Crippen LogP contribution is 2.25. The second-order valence-electron chi connectivity index (χ2n) is 5.78. The maximum absolute atomic E-state index is 5.86. The first-order chi connectivity index (χ1) is 12.2. The molecule has 0 saturated heterocycles. The first-order valence-electron chi connectivity index (χ1n) is 8.37. The van der Waals surface area contributed by atoms with E-state index in [1.807, 2.05) is 48.5 Å². The molecule has 0 aliphatic carbocycles. The van der Waals surface area contributed by atoms with E-state index in [1.54, 1.807) is 12.1 Å². The lowest BCUT2D eigenvalue weighted by Gasteiger charge is -2.06. The van der Waals surface area contributed by atoms with Crippen LogP contribution < -0.4 is 10.5 Å². The third kappa shape index (κ3) is 4.91. The summed E-state index contributed by atoms with van der Waals surface area (Å²) in [6.45, 7) is 2.18. The van der Waals surface area contributed by atoms with E-state index in [0.717, 1.165) is 35.7 Å². The van der Waals surface area contributed by atoms with Crippen molar-refractivity contribution in [2.24, 2.45) is 10.2 Å². The van der Waals surface area contributed by atoms with Crippen molar-refractivity contribution in [3.63, 3.8) is 0 Å². The molecule has 0 unspecified atom stereocenters. The van der Waals surface area contributed by atoms with Crippen LogP contribution >= 0.6 is 0 Å². The van der Waals surface area contributed by atoms with Crippen LogP contribution in [0.3, 0.4) is 0 Å². The molecule has 0 fully saturated rings. The van der Waals surface area contributed by atoms with Gasteiger partial charge in [0.1, 0.15) is 11.5 Å². The number of hydrogen-bond acceptors (Lipinski definition) is 4. The lowest BCUT2D eigenvalue weighted by atomic mass is 10.1. The van der Waals surface area contributed by atoms with Gasteiger partial charge in [-0.15, -0.1) is 0 Å². The molecule has 0 amide bonds. The molecule has 0 heterocycles. The van der Waals surface area contributed by atoms with Crippen LogP contribution in [-0.4, -0.2) is 0 Å². The van der Waals surface area contributed by atoms with E-state index in [-0.39, 0.29) is 0 Å². The maximum Gasteiger partial charge on any atom is 0.127 e. The molecule has 0 spiro atoms. The van der Waals surface area contributed by atoms with E-state index in [0.29, 0.717) is 5.69 Å². The number of ether oxygens (including phenoxy) is 1. The summed E-state index contributed by atoms with van der Waals surface area (Å²) < 4.78 is 5.86. The minimum absolute atomic E-state index is 0.711. The van der Waals surface area contributed by atoms with Crippen LogP contribution in [0.25, 0.3) is 0 Å². The summed E-state index contributed by atoms with van der Waals surface area (Å²) in [5.41, 5.74) is 9.22. The highest BCUT2D eigenvalue weighted by Gasteiger charge is 1.99. The fourth-order valence-electron chi connectivity index (χ4n) is 2.39. The third-order valence-corrected chi connectivity index (χ3v) is 3.71. The van der Waals surface area contributed by atoms with E-state index >= 15 is 0 Å². The lowest BCUT2D eigenvalue weighted by Crippen LogP contribution is -1.86. The number of benzene rings is 3. The van der Waals surface area contributed by atoms with Gasteiger partial charge in [-0.25, -0.2) is 0 Å². The van der Waals surface area contributed by atoms with Gasteiger partial charge in [0, 0.05) is 5.69 Å². The summed E-state index contributed by atoms with van der Waals surface area (Å²) >= 11 is 0. The fourth-order valence-corrected chi connectivity index (χ4v) is 2.39. The van der Waals surface area contributed by atoms with E-state index in [2.05, 4.69) is 29.3 Å². The van der Waals surface area contributed by atoms with E-state index in [1.165, 1.54) is 5.56 Å². The fraction of sp³-hybridized carbons (Fsp3) is 0.143. The van der Waals surface area contributed by atoms with Gasteiger partial charge in [0.2, 0.25) is 0 Å². The Morgan fingerprint density at radius 2 is 1.20 bits per heavy atom. The second kappa shape index (κ2) is 8.11. The van der Waals surface area contributed by atoms with Crippen molar-refractivity contribution in [3.05, 3.63) is 78.4 Å². The molecule has 4 heteroatoms. The van der Waals surface area contributed by atoms with E-state index in [4.69, 9.17) is 10.5 Å². The number of hydrogen-bond donors (Lipinski definition) is 1. The van der Waals surface area contributed by atoms with Crippen molar-refractivity contribution in [2.75, 3.05) is 5.73 Å². The molecule has 0 atom stereocenters. The van der Waals surface area contributed by atoms with Crippen LogP contribution in [0.5, 0.6) is 11.5 Å². The molecule has 0 radical (unpaired) electrons. The Bertz CT molecular complexity index is 823. The van der Waals surface area contributed by atoms with Crippen molar-refractivity contribution in [1.29, 1.82) is 0 Å². The highest BCUT2D eigenvalue weighted by atomic mass is 16.5. The Balaban J connectivity index is 1.62. The van der Waals surface area contributed by atoms with Gasteiger partial charge in [-0.2, -0.15) is 10.2 Å². The Morgan fingerprint density at radius 3 is 1.72 bits per heavy atom. The summed E-state index contributed by atoms with van der Waals surface area (Å²) in [7, 11) is 0. The minimum Gasteiger partial charge on any atom is -0.457 e. The number of nitrogen functional groups attached to an aromatic ring is 1. The molecule has 0 saturated carbocycles. The molecule has 0 bridgehead atoms. The summed E-state index contributed by atoms with van der Waals surface area (Å²) in [5, 5.41) is 8.40. The zero-order valence-corrected chi connectivity index (χ0v) is 14.2. The summed E-state index contributed by atoms with van der Waals surface area (Å²) in [6.07, 6.45) is 2.24. The van der Waals surface area contributed by atoms with Crippen molar-refractivity contribution in [3.8, 4) is 11.5 Å². The van der Waals surface area contributed by atoms with Gasteiger partial charge in [-0.1, -0.05) is 25.5 Å². The van der Waals surface area contributed by atoms with Gasteiger partial charge in [-0.05, 0) is 72.6 Å². The van der Waals surface area contributed by atoms with Crippen LogP contribution in [0.15, 0.2) is 83.0 Å². The predicted octanol–water partition coefficient (Wildman–Crippen LogP) is 6.43. The van der Waals surface area contributed by atoms with Gasteiger partial charge in [0.25, 0.3) is 0 Å². The van der Waals surface area contributed by atoms with Crippen molar-refractivity contribution >= 4 is 17.1 Å². The normalized spacial score (nSPS) is 10.9. The molecule has 3 aromatic rings. The van der Waals surface area contributed by atoms with Crippen LogP contribution in [0.2, 0.25) is 0 Å². The summed E-state index contributed by atoms with van der Waals surface area (Å²) in [5.74, 6) is 1.60. The molecular formula is C21H21N3O. The van der Waals surface area contributed by atoms with Crippen LogP contribution in [0.1, 0.15) is 18.9 Å². The minimum atomic E-state index is 0.711. The molecule has 0 aliphatic rings. The van der Waals surface area contributed by atoms with E-state index < -0.39 is 0 Å². The number of aryl methyl sites for hydroxylation is 1. The van der Waals surface area contributed by atoms with Gasteiger partial charge in [-0.3, -0.25) is 0 Å². The standard InChI is InChI=1S/C21H21N3O/c1-2-3-16-4-12-20(13-5-16)25-21-14-10-19(11-15-21)24-23-18-8-6-17(22)7-9-18/h4-15H,2-3,22H2,1H3/b24-23+. The number of anilines is 1. The van der Waals surface area contributed by atoms with Crippen LogP contribution in [-0.2, 0) is 6.42 Å². The Kier molecular flexibility index (Phi) is 5.42. The first-order valence-corrected chi connectivity index (χ1v) is 8.37. The Labute approximate surface area is 148 Å². The zero-order valence-electron chi connectivity index (χ0n) is 14.2. The lowest BCUT2D eigenvalue weighted by molar-refractivity contribution is 0.482. The number of nitrogens with two attached hydrogens (primary N) is 1. The predicted molar refractivity (Wildman–Crippen MR) is 102 cm³/mol. The van der Waals surface area contributed by atoms with Gasteiger partial charge < -0.3 is 10.5 Å². The van der Waals surface area contributed by atoms with E-state index in [9.17, 15) is 0 Å². The molecule has 2 N–H and O–H groups in total. The average molecular weight is 331 g/mol. The molecule has 126 valence electrons. The zero-order chi connectivity index (χ0) is 17.5. The molecular weight excluding hydrogens is 310 g/mol. The smallest absolute Gasteiger partial charge is 0.127 e. The Morgan fingerprint density at radius 1 is 0.720 bits per heavy atom. The van der Waals surface area contributed by atoms with Crippen LogP contribution in [0.4, 0.5) is 17.1 Å². The van der Waals surface area contributed by atoms with Crippen LogP contribution in [0, 0.1) is 0 Å². The third-order valence-electron chi connectivity index (χ3n) is 3.71. The molecule has 0 aromatic heterocycles. The first kappa shape index (κ1) is 16.7. The molecule has 4 nitrogen and oxygen atoms in total. The Hall–Kier alpha value is -3.14. The largest absolute Gasteiger partial charge is 0.457 e. The molecule has 25 heavy (non-hydrogen) atoms. The van der Waals surface area contributed by atoms with Gasteiger partial charge >= 0.3 is 0 Å². The molecule has 3 aromatic carbocycles. The summed E-state index contributed by atoms with van der Waals surface area (Å²) in [4.78, 5) is 0. The maximum atomic E-state index is 5.86. The number of azo groups is 1. The number of nitrogens with zero attached hydrogens (tertiary/aromatic N) is 2. The average Bonchev–Trinajstić information content (AvgIpc) is 2.64. The van der Waals surface area contributed by atoms with Crippen molar-refractivity contribution in [2.45, 2.75) is 19.8 Å². The van der Waals surface area contributed by atoms with Crippen molar-refractivity contribution in [1.82, 2.24) is 0 Å². The highest BCUT2D eigenvalue weighted by molar-refractivity contribution is 5.48. The second-order valence-corrected chi connectivity index (χ2v) is 5.78. The number of rotatable bonds is 6. The SMILES string of the molecule is CCCc1ccc(Oc2ccc(/N=N/c3ccc(N)cc3)cc2)cc1. The van der Waals surface area contributed by atoms with Crippen molar-refractivity contribution < 1.29 is 4.74 Å². The molecule has 3 rings (SSSR count). The van der Waals surface area contributed by atoms with Gasteiger partial charge in [0.15, 0.2) is 0 Å². The summed E-state index contributed by atoms with van der Waals surface area (Å²) in [6, 6.07) is 23.0. The molecule has 0 aliphatic heterocycles. The topological polar surface area (TPSA) is 60.0 Å².